The predicted molar refractivity (Wildman–Crippen MR) is 51.4 cm³/mol. The van der Waals surface area contributed by atoms with Crippen LogP contribution >= 0.6 is 0 Å². The smallest absolute Gasteiger partial charge is 0.222 e. The van der Waals surface area contributed by atoms with Gasteiger partial charge in [0.1, 0.15) is 12.2 Å². The molecule has 0 saturated heterocycles. The van der Waals surface area contributed by atoms with Gasteiger partial charge in [-0.05, 0) is 6.92 Å². The molecule has 2 aromatic heterocycles. The molecule has 74 valence electrons. The summed E-state index contributed by atoms with van der Waals surface area (Å²) >= 11 is 0. The molecule has 0 bridgehead atoms. The minimum absolute atomic E-state index is 0.246. The van der Waals surface area contributed by atoms with Crippen LogP contribution in [0.5, 0.6) is 0 Å². The van der Waals surface area contributed by atoms with Gasteiger partial charge < -0.3 is 10.5 Å². The van der Waals surface area contributed by atoms with E-state index in [1.54, 1.807) is 17.1 Å². The van der Waals surface area contributed by atoms with Crippen LogP contribution < -0.4 is 5.73 Å². The predicted octanol–water partition coefficient (Wildman–Crippen LogP) is 0.402. The van der Waals surface area contributed by atoms with Crippen molar-refractivity contribution in [1.82, 2.24) is 19.5 Å². The number of hydrogen-bond acceptors (Lipinski definition) is 5. The fourth-order valence-corrected chi connectivity index (χ4v) is 1.15. The van der Waals surface area contributed by atoms with Gasteiger partial charge in [-0.15, -0.1) is 0 Å². The Balaban J connectivity index is 2.40. The van der Waals surface area contributed by atoms with E-state index >= 15 is 0 Å². The molecule has 2 aromatic rings. The summed E-state index contributed by atoms with van der Waals surface area (Å²) in [6, 6.07) is 0. The average molecular weight is 193 g/mol. The van der Waals surface area contributed by atoms with E-state index in [4.69, 9.17) is 10.5 Å². The summed E-state index contributed by atoms with van der Waals surface area (Å²) in [6.45, 7) is 3.02. The number of aromatic nitrogens is 4. The van der Waals surface area contributed by atoms with Crippen molar-refractivity contribution < 1.29 is 4.74 Å². The molecule has 2 N–H and O–H groups in total. The van der Waals surface area contributed by atoms with E-state index in [1.165, 1.54) is 0 Å². The van der Waals surface area contributed by atoms with Crippen molar-refractivity contribution in [1.29, 1.82) is 0 Å². The normalized spacial score (nSPS) is 10.9. The first-order valence-corrected chi connectivity index (χ1v) is 4.32. The van der Waals surface area contributed by atoms with E-state index in [2.05, 4.69) is 15.0 Å². The highest BCUT2D eigenvalue weighted by molar-refractivity contribution is 5.70. The Morgan fingerprint density at radius 2 is 2.36 bits per heavy atom. The Morgan fingerprint density at radius 1 is 1.50 bits per heavy atom. The standard InChI is InChI=1S/C8H11N5O/c1-2-14-5-13-4-11-6-3-10-8(9)12-7(6)13/h3-4H,2,5H2,1H3,(H2,9,10,12). The topological polar surface area (TPSA) is 78.8 Å². The lowest BCUT2D eigenvalue weighted by atomic mass is 10.5. The van der Waals surface area contributed by atoms with Gasteiger partial charge >= 0.3 is 0 Å². The maximum Gasteiger partial charge on any atom is 0.222 e. The molecule has 0 aliphatic carbocycles. The van der Waals surface area contributed by atoms with Crippen molar-refractivity contribution in [3.63, 3.8) is 0 Å². The largest absolute Gasteiger partial charge is 0.368 e. The SMILES string of the molecule is CCOCn1cnc2cnc(N)nc21. The number of nitrogens with zero attached hydrogens (tertiary/aromatic N) is 4. The first kappa shape index (κ1) is 8.89. The monoisotopic (exact) mass is 193 g/mol. The van der Waals surface area contributed by atoms with Crippen molar-refractivity contribution in [2.45, 2.75) is 13.7 Å². The summed E-state index contributed by atoms with van der Waals surface area (Å²) in [6.07, 6.45) is 3.26. The van der Waals surface area contributed by atoms with Crippen LogP contribution in [-0.2, 0) is 11.5 Å². The quantitative estimate of drug-likeness (QED) is 0.763. The molecule has 0 aliphatic rings. The van der Waals surface area contributed by atoms with Gasteiger partial charge in [0.25, 0.3) is 0 Å². The van der Waals surface area contributed by atoms with Gasteiger partial charge in [-0.2, -0.15) is 4.98 Å². The molecule has 0 atom stereocenters. The number of imidazole rings is 1. The lowest BCUT2D eigenvalue weighted by Crippen LogP contribution is -2.03. The number of rotatable bonds is 3. The highest BCUT2D eigenvalue weighted by Crippen LogP contribution is 2.09. The lowest BCUT2D eigenvalue weighted by molar-refractivity contribution is 0.0901. The molecule has 0 spiro atoms. The van der Waals surface area contributed by atoms with E-state index in [0.717, 1.165) is 5.52 Å². The maximum absolute atomic E-state index is 5.48. The van der Waals surface area contributed by atoms with Gasteiger partial charge in [0.05, 0.1) is 12.5 Å². The summed E-state index contributed by atoms with van der Waals surface area (Å²) in [5, 5.41) is 0. The summed E-state index contributed by atoms with van der Waals surface area (Å²) in [7, 11) is 0. The van der Waals surface area contributed by atoms with Crippen molar-refractivity contribution >= 4 is 17.1 Å². The Kier molecular flexibility index (Phi) is 2.28. The first-order valence-electron chi connectivity index (χ1n) is 4.32. The highest BCUT2D eigenvalue weighted by Gasteiger charge is 2.04. The molecule has 6 heteroatoms. The molecule has 14 heavy (non-hydrogen) atoms. The summed E-state index contributed by atoms with van der Waals surface area (Å²) in [4.78, 5) is 12.0. The number of anilines is 1. The zero-order chi connectivity index (χ0) is 9.97. The van der Waals surface area contributed by atoms with Crippen LogP contribution in [0, 0.1) is 0 Å². The molecule has 6 nitrogen and oxygen atoms in total. The molecular formula is C8H11N5O. The van der Waals surface area contributed by atoms with E-state index < -0.39 is 0 Å². The Labute approximate surface area is 80.7 Å². The number of nitrogen functional groups attached to an aromatic ring is 1. The molecular weight excluding hydrogens is 182 g/mol. The van der Waals surface area contributed by atoms with Crippen molar-refractivity contribution in [2.24, 2.45) is 0 Å². The third kappa shape index (κ3) is 1.51. The number of ether oxygens (including phenoxy) is 1. The molecule has 0 unspecified atom stereocenters. The van der Waals surface area contributed by atoms with E-state index in [9.17, 15) is 0 Å². The second kappa shape index (κ2) is 3.59. The molecule has 0 amide bonds. The van der Waals surface area contributed by atoms with Crippen LogP contribution in [0.15, 0.2) is 12.5 Å². The van der Waals surface area contributed by atoms with Crippen molar-refractivity contribution in [3.8, 4) is 0 Å². The first-order chi connectivity index (χ1) is 6.81. The maximum atomic E-state index is 5.48. The molecule has 0 aromatic carbocycles. The molecule has 0 radical (unpaired) electrons. The summed E-state index contributed by atoms with van der Waals surface area (Å²) in [5.41, 5.74) is 6.90. The van der Waals surface area contributed by atoms with Crippen LogP contribution in [-0.4, -0.2) is 26.1 Å². The van der Waals surface area contributed by atoms with Gasteiger partial charge in [-0.1, -0.05) is 0 Å². The molecule has 2 rings (SSSR count). The van der Waals surface area contributed by atoms with Crippen LogP contribution in [0.2, 0.25) is 0 Å². The fraction of sp³-hybridized carbons (Fsp3) is 0.375. The lowest BCUT2D eigenvalue weighted by Gasteiger charge is -2.02. The molecule has 0 saturated carbocycles. The summed E-state index contributed by atoms with van der Waals surface area (Å²) < 4.78 is 7.04. The van der Waals surface area contributed by atoms with Crippen LogP contribution in [0.3, 0.4) is 0 Å². The molecule has 0 fully saturated rings. The van der Waals surface area contributed by atoms with Gasteiger partial charge in [0.15, 0.2) is 5.65 Å². The Hall–Kier alpha value is -1.69. The fourth-order valence-electron chi connectivity index (χ4n) is 1.15. The highest BCUT2D eigenvalue weighted by atomic mass is 16.5. The number of fused-ring (bicyclic) bond motifs is 1. The van der Waals surface area contributed by atoms with Gasteiger partial charge in [-0.3, -0.25) is 4.57 Å². The minimum Gasteiger partial charge on any atom is -0.368 e. The Morgan fingerprint density at radius 3 is 3.14 bits per heavy atom. The van der Waals surface area contributed by atoms with Crippen molar-refractivity contribution in [2.75, 3.05) is 12.3 Å². The van der Waals surface area contributed by atoms with Gasteiger partial charge in [-0.25, -0.2) is 9.97 Å². The van der Waals surface area contributed by atoms with Crippen LogP contribution in [0.1, 0.15) is 6.92 Å². The molecule has 2 heterocycles. The molecule has 0 aliphatic heterocycles. The van der Waals surface area contributed by atoms with Crippen LogP contribution in [0.4, 0.5) is 5.95 Å². The summed E-state index contributed by atoms with van der Waals surface area (Å²) in [5.74, 6) is 0.246. The van der Waals surface area contributed by atoms with Crippen molar-refractivity contribution in [3.05, 3.63) is 12.5 Å². The Bertz CT molecular complexity index is 438. The number of hydrogen-bond donors (Lipinski definition) is 1. The zero-order valence-corrected chi connectivity index (χ0v) is 7.84. The third-order valence-electron chi connectivity index (χ3n) is 1.81. The third-order valence-corrected chi connectivity index (χ3v) is 1.81. The zero-order valence-electron chi connectivity index (χ0n) is 7.84. The van der Waals surface area contributed by atoms with Gasteiger partial charge in [0, 0.05) is 6.61 Å². The van der Waals surface area contributed by atoms with Crippen LogP contribution in [0.25, 0.3) is 11.2 Å². The second-order valence-electron chi connectivity index (χ2n) is 2.77. The van der Waals surface area contributed by atoms with E-state index in [1.807, 2.05) is 6.92 Å². The second-order valence-corrected chi connectivity index (χ2v) is 2.77. The van der Waals surface area contributed by atoms with Gasteiger partial charge in [0.2, 0.25) is 5.95 Å². The average Bonchev–Trinajstić information content (AvgIpc) is 2.57. The minimum atomic E-state index is 0.246. The van der Waals surface area contributed by atoms with E-state index in [0.29, 0.717) is 19.0 Å². The number of nitrogens with two attached hydrogens (primary N) is 1. The van der Waals surface area contributed by atoms with E-state index in [-0.39, 0.29) is 5.95 Å².